The van der Waals surface area contributed by atoms with Crippen LogP contribution in [-0.2, 0) is 14.8 Å². The molecule has 12 heavy (non-hydrogen) atoms. The molecule has 1 rings (SSSR count). The van der Waals surface area contributed by atoms with E-state index in [0.29, 0.717) is 0 Å². The van der Waals surface area contributed by atoms with Crippen molar-refractivity contribution < 1.29 is 13.2 Å². The van der Waals surface area contributed by atoms with Crippen molar-refractivity contribution in [1.29, 1.82) is 0 Å². The summed E-state index contributed by atoms with van der Waals surface area (Å²) >= 11 is 10.9. The summed E-state index contributed by atoms with van der Waals surface area (Å²) in [5.74, 6) is -0.135. The first-order valence-corrected chi connectivity index (χ1v) is 5.22. The second-order valence-corrected chi connectivity index (χ2v) is 4.41. The summed E-state index contributed by atoms with van der Waals surface area (Å²) in [6.07, 6.45) is 0. The second-order valence-electron chi connectivity index (χ2n) is 1.89. The number of ether oxygens (including phenoxy) is 1. The molecule has 0 fully saturated rings. The maximum Gasteiger partial charge on any atom is 0.298 e. The number of rotatable bonds is 1. The van der Waals surface area contributed by atoms with Gasteiger partial charge in [-0.25, -0.2) is 0 Å². The minimum absolute atomic E-state index is 0.135. The van der Waals surface area contributed by atoms with Gasteiger partial charge in [0.15, 0.2) is 4.36 Å². The zero-order chi connectivity index (χ0) is 9.35. The minimum atomic E-state index is -3.77. The fourth-order valence-corrected chi connectivity index (χ4v) is 1.99. The third-order valence-electron chi connectivity index (χ3n) is 1.07. The van der Waals surface area contributed by atoms with Gasteiger partial charge in [-0.2, -0.15) is 8.42 Å². The molecular formula is C5H5Cl2NO3S. The molecule has 68 valence electrons. The molecule has 1 heterocycles. The van der Waals surface area contributed by atoms with Crippen LogP contribution in [0.25, 0.3) is 0 Å². The highest BCUT2D eigenvalue weighted by atomic mass is 35.5. The van der Waals surface area contributed by atoms with Crippen LogP contribution in [0, 0.1) is 0 Å². The topological polar surface area (TPSA) is 55.7 Å². The predicted molar refractivity (Wildman–Crippen MR) is 46.7 cm³/mol. The standard InChI is InChI=1S/C5H5Cl2NO3S/c1-2-11-5-3(6)4(7)12(9,10)8-5/h2H2,1H3. The van der Waals surface area contributed by atoms with E-state index in [1.807, 2.05) is 0 Å². The number of hydrogen-bond acceptors (Lipinski definition) is 3. The van der Waals surface area contributed by atoms with Crippen LogP contribution in [0.5, 0.6) is 0 Å². The average molecular weight is 230 g/mol. The van der Waals surface area contributed by atoms with Crippen LogP contribution >= 0.6 is 23.2 Å². The minimum Gasteiger partial charge on any atom is -0.476 e. The lowest BCUT2D eigenvalue weighted by atomic mass is 10.6. The maximum atomic E-state index is 10.9. The van der Waals surface area contributed by atoms with Crippen molar-refractivity contribution in [3.63, 3.8) is 0 Å². The Kier molecular flexibility index (Phi) is 2.65. The Labute approximate surface area is 79.9 Å². The van der Waals surface area contributed by atoms with Gasteiger partial charge in [-0.05, 0) is 6.92 Å². The van der Waals surface area contributed by atoms with Crippen molar-refractivity contribution in [2.24, 2.45) is 4.40 Å². The Morgan fingerprint density at radius 2 is 2.08 bits per heavy atom. The lowest BCUT2D eigenvalue weighted by Gasteiger charge is -1.98. The van der Waals surface area contributed by atoms with Gasteiger partial charge in [0.1, 0.15) is 5.03 Å². The molecule has 0 unspecified atom stereocenters. The largest absolute Gasteiger partial charge is 0.476 e. The lowest BCUT2D eigenvalue weighted by Crippen LogP contribution is -2.01. The Hall–Kier alpha value is -0.260. The van der Waals surface area contributed by atoms with E-state index in [1.54, 1.807) is 6.92 Å². The van der Waals surface area contributed by atoms with E-state index in [1.165, 1.54) is 0 Å². The molecule has 0 aromatic heterocycles. The van der Waals surface area contributed by atoms with Gasteiger partial charge in [-0.1, -0.05) is 23.2 Å². The Bertz CT molecular complexity index is 357. The van der Waals surface area contributed by atoms with Crippen LogP contribution in [0.4, 0.5) is 0 Å². The van der Waals surface area contributed by atoms with Crippen molar-refractivity contribution in [3.8, 4) is 0 Å². The number of halogens is 2. The summed E-state index contributed by atoms with van der Waals surface area (Å²) < 4.78 is 29.4. The zero-order valence-electron chi connectivity index (χ0n) is 6.04. The van der Waals surface area contributed by atoms with E-state index in [4.69, 9.17) is 27.9 Å². The molecule has 0 amide bonds. The monoisotopic (exact) mass is 229 g/mol. The highest BCUT2D eigenvalue weighted by Gasteiger charge is 2.30. The number of sulfonamides is 1. The average Bonchev–Trinajstić information content (AvgIpc) is 2.16. The van der Waals surface area contributed by atoms with Gasteiger partial charge in [-0.3, -0.25) is 0 Å². The Morgan fingerprint density at radius 1 is 1.50 bits per heavy atom. The van der Waals surface area contributed by atoms with Gasteiger partial charge in [0.05, 0.1) is 6.61 Å². The molecule has 0 saturated carbocycles. The quantitative estimate of drug-likeness (QED) is 0.684. The normalized spacial score (nSPS) is 21.1. The van der Waals surface area contributed by atoms with Crippen LogP contribution in [0.3, 0.4) is 0 Å². The van der Waals surface area contributed by atoms with Crippen LogP contribution in [0.2, 0.25) is 0 Å². The molecule has 4 nitrogen and oxygen atoms in total. The zero-order valence-corrected chi connectivity index (χ0v) is 8.37. The van der Waals surface area contributed by atoms with E-state index < -0.39 is 14.4 Å². The van der Waals surface area contributed by atoms with Gasteiger partial charge in [0.25, 0.3) is 10.0 Å². The first kappa shape index (κ1) is 9.83. The molecule has 0 atom stereocenters. The summed E-state index contributed by atoms with van der Waals surface area (Å²) in [6, 6.07) is 0. The number of hydrogen-bond donors (Lipinski definition) is 0. The molecule has 0 N–H and O–H groups in total. The van der Waals surface area contributed by atoms with Gasteiger partial charge in [-0.15, -0.1) is 4.40 Å². The van der Waals surface area contributed by atoms with Crippen molar-refractivity contribution in [2.75, 3.05) is 6.61 Å². The van der Waals surface area contributed by atoms with E-state index in [9.17, 15) is 8.42 Å². The molecule has 0 bridgehead atoms. The molecule has 7 heteroatoms. The van der Waals surface area contributed by atoms with E-state index in [2.05, 4.69) is 4.40 Å². The highest BCUT2D eigenvalue weighted by molar-refractivity contribution is 7.96. The molecule has 0 radical (unpaired) electrons. The van der Waals surface area contributed by atoms with Crippen molar-refractivity contribution in [3.05, 3.63) is 9.40 Å². The van der Waals surface area contributed by atoms with Crippen LogP contribution in [0.1, 0.15) is 6.92 Å². The van der Waals surface area contributed by atoms with Gasteiger partial charge >= 0.3 is 0 Å². The fourth-order valence-electron chi connectivity index (χ4n) is 0.613. The molecule has 0 aromatic rings. The maximum absolute atomic E-state index is 10.9. The number of nitrogens with zero attached hydrogens (tertiary/aromatic N) is 1. The van der Waals surface area contributed by atoms with Crippen molar-refractivity contribution in [2.45, 2.75) is 6.92 Å². The molecule has 0 aromatic carbocycles. The lowest BCUT2D eigenvalue weighted by molar-refractivity contribution is 0.330. The van der Waals surface area contributed by atoms with Crippen LogP contribution in [0.15, 0.2) is 13.8 Å². The SMILES string of the molecule is CCOC1=NS(=O)(=O)C(Cl)=C1Cl. The summed E-state index contributed by atoms with van der Waals surface area (Å²) in [5, 5.41) is -0.154. The fraction of sp³-hybridized carbons (Fsp3) is 0.400. The predicted octanol–water partition coefficient (Wildman–Crippen LogP) is 1.41. The summed E-state index contributed by atoms with van der Waals surface area (Å²) in [7, 11) is -3.77. The van der Waals surface area contributed by atoms with Crippen molar-refractivity contribution >= 4 is 39.1 Å². The third kappa shape index (κ3) is 1.57. The molecular weight excluding hydrogens is 225 g/mol. The smallest absolute Gasteiger partial charge is 0.298 e. The summed E-state index contributed by atoms with van der Waals surface area (Å²) in [4.78, 5) is 0. The van der Waals surface area contributed by atoms with Gasteiger partial charge in [0.2, 0.25) is 5.90 Å². The van der Waals surface area contributed by atoms with Gasteiger partial charge in [0, 0.05) is 0 Å². The van der Waals surface area contributed by atoms with E-state index >= 15 is 0 Å². The molecule has 0 aliphatic carbocycles. The third-order valence-corrected chi connectivity index (χ3v) is 3.47. The second kappa shape index (κ2) is 3.24. The Balaban J connectivity index is 3.11. The van der Waals surface area contributed by atoms with Crippen LogP contribution in [-0.4, -0.2) is 20.9 Å². The first-order chi connectivity index (χ1) is 5.49. The van der Waals surface area contributed by atoms with E-state index in [-0.39, 0.29) is 17.5 Å². The molecule has 0 saturated heterocycles. The van der Waals surface area contributed by atoms with Crippen LogP contribution < -0.4 is 0 Å². The highest BCUT2D eigenvalue weighted by Crippen LogP contribution is 2.29. The Morgan fingerprint density at radius 3 is 2.42 bits per heavy atom. The van der Waals surface area contributed by atoms with E-state index in [0.717, 1.165) is 0 Å². The molecule has 1 aliphatic heterocycles. The summed E-state index contributed by atoms with van der Waals surface area (Å²) in [6.45, 7) is 1.97. The summed E-state index contributed by atoms with van der Waals surface area (Å²) in [5.41, 5.74) is 0. The first-order valence-electron chi connectivity index (χ1n) is 3.02. The van der Waals surface area contributed by atoms with Gasteiger partial charge < -0.3 is 4.74 Å². The molecule has 1 aliphatic rings. The molecule has 0 spiro atoms. The van der Waals surface area contributed by atoms with Crippen molar-refractivity contribution in [1.82, 2.24) is 0 Å².